The van der Waals surface area contributed by atoms with Crippen molar-refractivity contribution in [2.45, 2.75) is 6.43 Å². The molecule has 1 amide bonds. The van der Waals surface area contributed by atoms with Crippen molar-refractivity contribution in [3.05, 3.63) is 41.2 Å². The number of rotatable bonds is 7. The predicted octanol–water partition coefficient (Wildman–Crippen LogP) is 2.86. The number of anilines is 1. The molecule has 0 aliphatic heterocycles. The van der Waals surface area contributed by atoms with Gasteiger partial charge in [0.25, 0.3) is 12.3 Å². The summed E-state index contributed by atoms with van der Waals surface area (Å²) >= 11 is 0. The van der Waals surface area contributed by atoms with E-state index in [2.05, 4.69) is 15.0 Å². The summed E-state index contributed by atoms with van der Waals surface area (Å²) in [7, 11) is 1.26. The van der Waals surface area contributed by atoms with Gasteiger partial charge in [0.05, 0.1) is 0 Å². The molecule has 0 fully saturated rings. The first-order valence-electron chi connectivity index (χ1n) is 7.75. The highest BCUT2D eigenvalue weighted by molar-refractivity contribution is 5.94. The summed E-state index contributed by atoms with van der Waals surface area (Å²) in [5.41, 5.74) is -1.11. The lowest BCUT2D eigenvalue weighted by Crippen LogP contribution is -2.20. The van der Waals surface area contributed by atoms with Gasteiger partial charge in [-0.05, 0) is 6.07 Å². The molecule has 1 aromatic carbocycles. The molecule has 2 rings (SSSR count). The highest BCUT2D eigenvalue weighted by atomic mass is 19.3. The molecule has 1 N–H and O–H groups in total. The molecule has 0 unspecified atom stereocenters. The summed E-state index contributed by atoms with van der Waals surface area (Å²) in [4.78, 5) is 15.7. The normalized spacial score (nSPS) is 10.2. The Labute approximate surface area is 157 Å². The zero-order chi connectivity index (χ0) is 20.7. The molecule has 0 saturated carbocycles. The molecule has 1 heterocycles. The number of carbonyl (C=O) groups excluding carboxylic acids is 1. The number of pyridine rings is 1. The molecule has 0 atom stereocenters. The van der Waals surface area contributed by atoms with Crippen molar-refractivity contribution in [1.82, 2.24) is 4.98 Å². The third-order valence-electron chi connectivity index (χ3n) is 3.41. The van der Waals surface area contributed by atoms with Crippen LogP contribution in [0.4, 0.5) is 19.0 Å². The number of amides is 1. The Balaban J connectivity index is 2.77. The van der Waals surface area contributed by atoms with Crippen LogP contribution in [0.3, 0.4) is 0 Å². The SMILES string of the molecule is COCC(=O)Nc1nc(OCC(F)F)c(C#N)c(-c2ccccc2F)c1C#N. The van der Waals surface area contributed by atoms with Gasteiger partial charge in [-0.3, -0.25) is 4.79 Å². The maximum absolute atomic E-state index is 14.4. The highest BCUT2D eigenvalue weighted by Gasteiger charge is 2.25. The topological polar surface area (TPSA) is 108 Å². The molecule has 0 aliphatic carbocycles. The summed E-state index contributed by atoms with van der Waals surface area (Å²) in [5.74, 6) is -2.40. The molecule has 144 valence electrons. The molecule has 28 heavy (non-hydrogen) atoms. The van der Waals surface area contributed by atoms with Gasteiger partial charge in [0, 0.05) is 18.2 Å². The summed E-state index contributed by atoms with van der Waals surface area (Å²) in [6, 6.07) is 8.72. The fourth-order valence-corrected chi connectivity index (χ4v) is 2.35. The average molecular weight is 390 g/mol. The number of ether oxygens (including phenoxy) is 2. The number of methoxy groups -OCH3 is 1. The van der Waals surface area contributed by atoms with E-state index in [0.717, 1.165) is 6.07 Å². The van der Waals surface area contributed by atoms with Crippen LogP contribution in [0.2, 0.25) is 0 Å². The molecule has 0 bridgehead atoms. The van der Waals surface area contributed by atoms with Gasteiger partial charge >= 0.3 is 0 Å². The van der Waals surface area contributed by atoms with Gasteiger partial charge in [0.2, 0.25) is 5.88 Å². The molecule has 1 aromatic heterocycles. The Morgan fingerprint density at radius 2 is 1.93 bits per heavy atom. The van der Waals surface area contributed by atoms with E-state index in [1.807, 2.05) is 0 Å². The summed E-state index contributed by atoms with van der Waals surface area (Å²) < 4.78 is 49.0. The van der Waals surface area contributed by atoms with E-state index in [-0.39, 0.29) is 29.1 Å². The second-order valence-electron chi connectivity index (χ2n) is 5.28. The fraction of sp³-hybridized carbons (Fsp3) is 0.222. The number of alkyl halides is 2. The summed E-state index contributed by atoms with van der Waals surface area (Å²) in [6.45, 7) is -1.47. The van der Waals surface area contributed by atoms with Gasteiger partial charge in [-0.25, -0.2) is 13.2 Å². The van der Waals surface area contributed by atoms with E-state index >= 15 is 0 Å². The number of nitriles is 2. The number of nitrogens with one attached hydrogen (secondary N) is 1. The third-order valence-corrected chi connectivity index (χ3v) is 3.41. The molecular weight excluding hydrogens is 377 g/mol. The van der Waals surface area contributed by atoms with E-state index in [1.165, 1.54) is 25.3 Å². The van der Waals surface area contributed by atoms with Gasteiger partial charge < -0.3 is 14.8 Å². The maximum atomic E-state index is 14.4. The lowest BCUT2D eigenvalue weighted by atomic mass is 9.96. The predicted molar refractivity (Wildman–Crippen MR) is 91.1 cm³/mol. The van der Waals surface area contributed by atoms with E-state index in [1.54, 1.807) is 12.1 Å². The van der Waals surface area contributed by atoms with E-state index < -0.39 is 36.2 Å². The van der Waals surface area contributed by atoms with Crippen molar-refractivity contribution in [2.24, 2.45) is 0 Å². The first kappa shape index (κ1) is 20.7. The van der Waals surface area contributed by atoms with Gasteiger partial charge in [-0.2, -0.15) is 15.5 Å². The number of hydrogen-bond acceptors (Lipinski definition) is 6. The second kappa shape index (κ2) is 9.35. The Hall–Kier alpha value is -3.63. The quantitative estimate of drug-likeness (QED) is 0.779. The zero-order valence-electron chi connectivity index (χ0n) is 14.5. The van der Waals surface area contributed by atoms with Crippen molar-refractivity contribution in [1.29, 1.82) is 10.5 Å². The summed E-state index contributed by atoms with van der Waals surface area (Å²) in [6.07, 6.45) is -2.87. The van der Waals surface area contributed by atoms with Crippen molar-refractivity contribution in [3.8, 4) is 29.1 Å². The molecule has 0 radical (unpaired) electrons. The maximum Gasteiger partial charge on any atom is 0.272 e. The number of aromatic nitrogens is 1. The first-order chi connectivity index (χ1) is 13.4. The number of benzene rings is 1. The van der Waals surface area contributed by atoms with Crippen molar-refractivity contribution >= 4 is 11.7 Å². The Morgan fingerprint density at radius 1 is 1.25 bits per heavy atom. The molecule has 0 spiro atoms. The van der Waals surface area contributed by atoms with Crippen LogP contribution in [0, 0.1) is 28.5 Å². The second-order valence-corrected chi connectivity index (χ2v) is 5.28. The molecule has 0 aliphatic rings. The number of carbonyl (C=O) groups is 1. The van der Waals surface area contributed by atoms with Crippen LogP contribution in [-0.2, 0) is 9.53 Å². The van der Waals surface area contributed by atoms with E-state index in [4.69, 9.17) is 4.74 Å². The smallest absolute Gasteiger partial charge is 0.272 e. The number of hydrogen-bond donors (Lipinski definition) is 1. The molecule has 10 heteroatoms. The average Bonchev–Trinajstić information content (AvgIpc) is 2.66. The highest BCUT2D eigenvalue weighted by Crippen LogP contribution is 2.37. The van der Waals surface area contributed by atoms with E-state index in [0.29, 0.717) is 0 Å². The van der Waals surface area contributed by atoms with Crippen molar-refractivity contribution < 1.29 is 27.4 Å². The largest absolute Gasteiger partial charge is 0.471 e. The monoisotopic (exact) mass is 390 g/mol. The zero-order valence-corrected chi connectivity index (χ0v) is 14.5. The minimum atomic E-state index is -2.87. The first-order valence-corrected chi connectivity index (χ1v) is 7.75. The van der Waals surface area contributed by atoms with Crippen LogP contribution in [0.5, 0.6) is 5.88 Å². The van der Waals surface area contributed by atoms with Crippen LogP contribution in [-0.4, -0.2) is 37.6 Å². The lowest BCUT2D eigenvalue weighted by molar-refractivity contribution is -0.119. The molecule has 2 aromatic rings. The Kier molecular flexibility index (Phi) is 6.90. The molecule has 0 saturated heterocycles. The van der Waals surface area contributed by atoms with Crippen LogP contribution < -0.4 is 10.1 Å². The lowest BCUT2D eigenvalue weighted by Gasteiger charge is -2.16. The Bertz CT molecular complexity index is 968. The number of halogens is 3. The third kappa shape index (κ3) is 4.55. The van der Waals surface area contributed by atoms with Crippen LogP contribution in [0.25, 0.3) is 11.1 Å². The number of nitrogens with zero attached hydrogens (tertiary/aromatic N) is 3. The Morgan fingerprint density at radius 3 is 2.50 bits per heavy atom. The van der Waals surface area contributed by atoms with Gasteiger partial charge in [-0.1, -0.05) is 18.2 Å². The van der Waals surface area contributed by atoms with Crippen molar-refractivity contribution in [2.75, 3.05) is 25.6 Å². The van der Waals surface area contributed by atoms with Gasteiger partial charge in [-0.15, -0.1) is 0 Å². The fourth-order valence-electron chi connectivity index (χ4n) is 2.35. The minimum Gasteiger partial charge on any atom is -0.471 e. The van der Waals surface area contributed by atoms with Crippen LogP contribution in [0.15, 0.2) is 24.3 Å². The van der Waals surface area contributed by atoms with Crippen molar-refractivity contribution in [3.63, 3.8) is 0 Å². The van der Waals surface area contributed by atoms with Gasteiger partial charge in [0.15, 0.2) is 12.4 Å². The van der Waals surface area contributed by atoms with Crippen LogP contribution >= 0.6 is 0 Å². The summed E-state index contributed by atoms with van der Waals surface area (Å²) in [5, 5.41) is 21.3. The standard InChI is InChI=1S/C18H13F3N4O3/c1-27-9-15(26)24-17-11(6-22)16(10-4-2-3-5-13(10)19)12(7-23)18(25-17)28-8-14(20)21/h2-5,14H,8-9H2,1H3,(H,24,25,26). The molecular formula is C18H13F3N4O3. The van der Waals surface area contributed by atoms with Gasteiger partial charge in [0.1, 0.15) is 35.7 Å². The van der Waals surface area contributed by atoms with E-state index in [9.17, 15) is 28.5 Å². The molecule has 7 nitrogen and oxygen atoms in total. The van der Waals surface area contributed by atoms with Crippen LogP contribution in [0.1, 0.15) is 11.1 Å². The minimum absolute atomic E-state index is 0.151.